The Balaban J connectivity index is 1.27. The van der Waals surface area contributed by atoms with Gasteiger partial charge in [-0.05, 0) is 81.3 Å². The van der Waals surface area contributed by atoms with E-state index >= 15 is 0 Å². The monoisotopic (exact) mass is 448 g/mol. The summed E-state index contributed by atoms with van der Waals surface area (Å²) in [5.74, 6) is -0.788. The van der Waals surface area contributed by atoms with Crippen LogP contribution in [-0.4, -0.2) is 12.1 Å². The highest BCUT2D eigenvalue weighted by molar-refractivity contribution is 5.75. The third-order valence-electron chi connectivity index (χ3n) is 8.20. The minimum absolute atomic E-state index is 0.0429. The van der Waals surface area contributed by atoms with E-state index in [1.807, 2.05) is 0 Å². The maximum Gasteiger partial charge on any atom is 0.314 e. The number of rotatable bonds is 6. The van der Waals surface area contributed by atoms with Gasteiger partial charge in [0.05, 0.1) is 18.6 Å². The average Bonchev–Trinajstić information content (AvgIpc) is 2.83. The Hall–Kier alpha value is -1.49. The van der Waals surface area contributed by atoms with E-state index in [0.29, 0.717) is 11.8 Å². The van der Waals surface area contributed by atoms with Crippen molar-refractivity contribution < 1.29 is 23.0 Å². The van der Waals surface area contributed by atoms with Crippen LogP contribution in [0.3, 0.4) is 0 Å². The molecule has 3 fully saturated rings. The molecule has 0 spiro atoms. The Labute approximate surface area is 191 Å². The summed E-state index contributed by atoms with van der Waals surface area (Å²) in [6.07, 6.45) is 14.6. The molecule has 0 atom stereocenters. The number of ether oxygens (including phenoxy) is 2. The molecule has 0 aromatic heterocycles. The number of halogens is 2. The molecular weight excluding hydrogens is 410 g/mol. The lowest BCUT2D eigenvalue weighted by Crippen LogP contribution is -2.29. The van der Waals surface area contributed by atoms with Gasteiger partial charge in [0.1, 0.15) is 0 Å². The third-order valence-corrected chi connectivity index (χ3v) is 8.20. The summed E-state index contributed by atoms with van der Waals surface area (Å²) in [5, 5.41) is 0. The lowest BCUT2D eigenvalue weighted by molar-refractivity contribution is -0.140. The van der Waals surface area contributed by atoms with Crippen LogP contribution in [0.25, 0.3) is 0 Å². The summed E-state index contributed by atoms with van der Waals surface area (Å²) in [4.78, 5) is 12.6. The van der Waals surface area contributed by atoms with Crippen molar-refractivity contribution in [2.24, 2.45) is 23.7 Å². The predicted octanol–water partition coefficient (Wildman–Crippen LogP) is 7.35. The molecule has 3 aliphatic carbocycles. The molecule has 32 heavy (non-hydrogen) atoms. The van der Waals surface area contributed by atoms with Crippen LogP contribution in [0.1, 0.15) is 96.0 Å². The molecule has 0 heterocycles. The second kappa shape index (κ2) is 11.1. The maximum atomic E-state index is 14.6. The molecule has 0 aliphatic heterocycles. The number of esters is 1. The van der Waals surface area contributed by atoms with Crippen molar-refractivity contribution in [1.82, 2.24) is 0 Å². The van der Waals surface area contributed by atoms with Crippen molar-refractivity contribution in [3.8, 4) is 5.75 Å². The predicted molar refractivity (Wildman–Crippen MR) is 120 cm³/mol. The summed E-state index contributed by atoms with van der Waals surface area (Å²) in [5.41, 5.74) is 0.175. The van der Waals surface area contributed by atoms with Crippen LogP contribution >= 0.6 is 0 Å². The van der Waals surface area contributed by atoms with E-state index in [2.05, 4.69) is 6.92 Å². The number of hydrogen-bond donors (Lipinski definition) is 0. The van der Waals surface area contributed by atoms with E-state index in [9.17, 15) is 13.6 Å². The zero-order chi connectivity index (χ0) is 22.5. The summed E-state index contributed by atoms with van der Waals surface area (Å²) in [6, 6.07) is 2.85. The first-order valence-electron chi connectivity index (χ1n) is 12.8. The summed E-state index contributed by atoms with van der Waals surface area (Å²) < 4.78 is 40.3. The molecule has 1 aromatic rings. The van der Waals surface area contributed by atoms with Crippen LogP contribution in [0.4, 0.5) is 8.78 Å². The lowest BCUT2D eigenvalue weighted by Gasteiger charge is -2.35. The van der Waals surface area contributed by atoms with E-state index in [4.69, 9.17) is 9.47 Å². The Morgan fingerprint density at radius 1 is 0.844 bits per heavy atom. The molecule has 0 saturated heterocycles. The first-order valence-corrected chi connectivity index (χ1v) is 12.8. The van der Waals surface area contributed by atoms with Crippen LogP contribution in [0, 0.1) is 35.3 Å². The zero-order valence-corrected chi connectivity index (χ0v) is 19.4. The van der Waals surface area contributed by atoms with Crippen molar-refractivity contribution in [2.75, 3.05) is 0 Å². The van der Waals surface area contributed by atoms with Gasteiger partial charge in [0.2, 0.25) is 5.82 Å². The highest BCUT2D eigenvalue weighted by Crippen LogP contribution is 2.40. The van der Waals surface area contributed by atoms with Gasteiger partial charge in [0.25, 0.3) is 0 Å². The van der Waals surface area contributed by atoms with Gasteiger partial charge in [0, 0.05) is 5.56 Å². The van der Waals surface area contributed by atoms with Crippen molar-refractivity contribution in [2.45, 2.75) is 103 Å². The molecule has 4 rings (SSSR count). The number of hydrogen-bond acceptors (Lipinski definition) is 3. The summed E-state index contributed by atoms with van der Waals surface area (Å²) in [6.45, 7) is 2.27. The van der Waals surface area contributed by atoms with Crippen molar-refractivity contribution in [1.29, 1.82) is 0 Å². The van der Waals surface area contributed by atoms with Gasteiger partial charge in [-0.3, -0.25) is 4.79 Å². The van der Waals surface area contributed by atoms with E-state index in [0.717, 1.165) is 57.3 Å². The molecule has 0 unspecified atom stereocenters. The molecule has 3 aliphatic rings. The van der Waals surface area contributed by atoms with Crippen LogP contribution in [0.15, 0.2) is 12.1 Å². The molecule has 0 amide bonds. The Morgan fingerprint density at radius 2 is 1.50 bits per heavy atom. The van der Waals surface area contributed by atoms with Gasteiger partial charge in [-0.2, -0.15) is 4.39 Å². The lowest BCUT2D eigenvalue weighted by atomic mass is 9.71. The summed E-state index contributed by atoms with van der Waals surface area (Å²) >= 11 is 0. The standard InChI is InChI=1S/C27H38F2O3/c1-18-7-14-23(15-8-18)31-17-22-13-16-24(26(29)25(22)28)32-27(30)21-11-9-20(10-12-21)19-5-3-2-4-6-19/h13,16,18-21,23H,2-12,14-15,17H2,1H3. The normalized spacial score (nSPS) is 29.6. The van der Waals surface area contributed by atoms with Crippen LogP contribution in [0.5, 0.6) is 5.75 Å². The molecule has 0 radical (unpaired) electrons. The topological polar surface area (TPSA) is 35.5 Å². The Morgan fingerprint density at radius 3 is 2.19 bits per heavy atom. The molecule has 5 heteroatoms. The molecule has 178 valence electrons. The Bertz CT molecular complexity index is 758. The molecule has 3 nitrogen and oxygen atoms in total. The largest absolute Gasteiger partial charge is 0.423 e. The smallest absolute Gasteiger partial charge is 0.314 e. The van der Waals surface area contributed by atoms with Gasteiger partial charge >= 0.3 is 5.97 Å². The fourth-order valence-electron chi connectivity index (χ4n) is 5.99. The fourth-order valence-corrected chi connectivity index (χ4v) is 5.99. The van der Waals surface area contributed by atoms with Crippen LogP contribution in [0.2, 0.25) is 0 Å². The quantitative estimate of drug-likeness (QED) is 0.337. The van der Waals surface area contributed by atoms with Crippen LogP contribution in [-0.2, 0) is 16.1 Å². The molecule has 0 bridgehead atoms. The number of benzene rings is 1. The second-order valence-corrected chi connectivity index (χ2v) is 10.5. The average molecular weight is 449 g/mol. The molecule has 0 N–H and O–H groups in total. The molecule has 3 saturated carbocycles. The molecule has 1 aromatic carbocycles. The SMILES string of the molecule is CC1CCC(OCc2ccc(OC(=O)C3CCC(C4CCCCC4)CC3)c(F)c2F)CC1. The summed E-state index contributed by atoms with van der Waals surface area (Å²) in [7, 11) is 0. The van der Waals surface area contributed by atoms with E-state index in [-0.39, 0.29) is 29.9 Å². The van der Waals surface area contributed by atoms with Gasteiger partial charge < -0.3 is 9.47 Å². The first-order chi connectivity index (χ1) is 15.5. The highest BCUT2D eigenvalue weighted by Gasteiger charge is 2.32. The second-order valence-electron chi connectivity index (χ2n) is 10.5. The zero-order valence-electron chi connectivity index (χ0n) is 19.4. The van der Waals surface area contributed by atoms with Gasteiger partial charge in [0.15, 0.2) is 11.6 Å². The Kier molecular flexibility index (Phi) is 8.20. The highest BCUT2D eigenvalue weighted by atomic mass is 19.2. The van der Waals surface area contributed by atoms with Gasteiger partial charge in [-0.25, -0.2) is 4.39 Å². The van der Waals surface area contributed by atoms with Gasteiger partial charge in [-0.1, -0.05) is 39.0 Å². The van der Waals surface area contributed by atoms with Crippen LogP contribution < -0.4 is 4.74 Å². The van der Waals surface area contributed by atoms with Crippen molar-refractivity contribution in [3.05, 3.63) is 29.3 Å². The van der Waals surface area contributed by atoms with Crippen molar-refractivity contribution in [3.63, 3.8) is 0 Å². The fraction of sp³-hybridized carbons (Fsp3) is 0.741. The van der Waals surface area contributed by atoms with Crippen molar-refractivity contribution >= 4 is 5.97 Å². The third kappa shape index (κ3) is 5.89. The minimum Gasteiger partial charge on any atom is -0.423 e. The maximum absolute atomic E-state index is 14.6. The van der Waals surface area contributed by atoms with E-state index < -0.39 is 17.6 Å². The first kappa shape index (κ1) is 23.7. The molecular formula is C27H38F2O3. The number of carbonyl (C=O) groups is 1. The van der Waals surface area contributed by atoms with E-state index in [1.54, 1.807) is 0 Å². The van der Waals surface area contributed by atoms with Gasteiger partial charge in [-0.15, -0.1) is 0 Å². The minimum atomic E-state index is -1.09. The van der Waals surface area contributed by atoms with E-state index in [1.165, 1.54) is 44.2 Å². The number of carbonyl (C=O) groups excluding carboxylic acids is 1.